The quantitative estimate of drug-likeness (QED) is 0.332. The van der Waals surface area contributed by atoms with Gasteiger partial charge in [0.15, 0.2) is 4.34 Å². The van der Waals surface area contributed by atoms with Gasteiger partial charge >= 0.3 is 6.18 Å². The highest BCUT2D eigenvalue weighted by Crippen LogP contribution is 2.31. The summed E-state index contributed by atoms with van der Waals surface area (Å²) < 4.78 is 38.8. The summed E-state index contributed by atoms with van der Waals surface area (Å²) >= 11 is 2.16. The Balaban J connectivity index is 1.52. The normalized spacial score (nSPS) is 11.8. The van der Waals surface area contributed by atoms with Crippen LogP contribution in [0.2, 0.25) is 0 Å². The van der Waals surface area contributed by atoms with Crippen LogP contribution < -0.4 is 10.6 Å². The molecule has 0 spiro atoms. The molecule has 1 aromatic heterocycles. The molecular weight excluding hydrogens is 473 g/mol. The Labute approximate surface area is 197 Å². The van der Waals surface area contributed by atoms with Crippen molar-refractivity contribution in [2.45, 2.75) is 36.7 Å². The largest absolute Gasteiger partial charge is 0.416 e. The maximum absolute atomic E-state index is 12.8. The van der Waals surface area contributed by atoms with Crippen LogP contribution in [0.3, 0.4) is 0 Å². The van der Waals surface area contributed by atoms with Crippen LogP contribution in [-0.4, -0.2) is 27.8 Å². The minimum Gasteiger partial charge on any atom is -0.325 e. The lowest BCUT2D eigenvalue weighted by Crippen LogP contribution is -2.15. The average molecular weight is 495 g/mol. The number of thioether (sulfide) groups is 1. The predicted octanol–water partition coefficient (Wildman–Crippen LogP) is 5.84. The third-order valence-corrected chi connectivity index (χ3v) is 6.41. The topological polar surface area (TPSA) is 84.0 Å². The van der Waals surface area contributed by atoms with Crippen molar-refractivity contribution in [2.24, 2.45) is 0 Å². The maximum atomic E-state index is 12.8. The first-order valence-electron chi connectivity index (χ1n) is 9.77. The molecule has 0 atom stereocenters. The summed E-state index contributed by atoms with van der Waals surface area (Å²) in [4.78, 5) is 24.5. The van der Waals surface area contributed by atoms with E-state index in [0.29, 0.717) is 9.90 Å². The first-order valence-corrected chi connectivity index (χ1v) is 11.6. The van der Waals surface area contributed by atoms with Gasteiger partial charge in [0.1, 0.15) is 0 Å². The molecule has 0 aliphatic rings. The van der Waals surface area contributed by atoms with Gasteiger partial charge in [0.05, 0.1) is 11.3 Å². The summed E-state index contributed by atoms with van der Waals surface area (Å²) in [6.45, 7) is 6.26. The lowest BCUT2D eigenvalue weighted by molar-refractivity contribution is -0.137. The monoisotopic (exact) mass is 494 g/mol. The second-order valence-corrected chi connectivity index (χ2v) is 10.3. The molecule has 0 saturated heterocycles. The number of hydrogen-bond donors (Lipinski definition) is 2. The summed E-state index contributed by atoms with van der Waals surface area (Å²) in [7, 11) is 0. The van der Waals surface area contributed by atoms with Crippen LogP contribution >= 0.6 is 23.1 Å². The lowest BCUT2D eigenvalue weighted by Gasteiger charge is -2.18. The zero-order chi connectivity index (χ0) is 24.2. The summed E-state index contributed by atoms with van der Waals surface area (Å²) in [5.41, 5.74) is 0.780. The van der Waals surface area contributed by atoms with E-state index >= 15 is 0 Å². The molecule has 6 nitrogen and oxygen atoms in total. The molecular formula is C22H21F3N4O2S2. The SMILES string of the molecule is CC(C)(C)c1ccc(C(=O)Nc2nnc(SCC(=O)Nc3cccc(C(F)(F)F)c3)s2)cc1. The van der Waals surface area contributed by atoms with Crippen LogP contribution in [-0.2, 0) is 16.4 Å². The van der Waals surface area contributed by atoms with Crippen LogP contribution in [0.1, 0.15) is 42.3 Å². The third kappa shape index (κ3) is 7.03. The van der Waals surface area contributed by atoms with E-state index in [1.807, 2.05) is 12.1 Å². The van der Waals surface area contributed by atoms with E-state index in [1.54, 1.807) is 12.1 Å². The molecule has 0 aliphatic carbocycles. The zero-order valence-electron chi connectivity index (χ0n) is 18.0. The Morgan fingerprint density at radius 3 is 2.30 bits per heavy atom. The Bertz CT molecular complexity index is 1140. The van der Waals surface area contributed by atoms with Crippen LogP contribution in [0, 0.1) is 0 Å². The van der Waals surface area contributed by atoms with Crippen molar-refractivity contribution in [3.63, 3.8) is 0 Å². The first-order chi connectivity index (χ1) is 15.4. The molecule has 1 heterocycles. The van der Waals surface area contributed by atoms with Gasteiger partial charge in [-0.25, -0.2) is 0 Å². The Morgan fingerprint density at radius 2 is 1.67 bits per heavy atom. The van der Waals surface area contributed by atoms with Crippen molar-refractivity contribution in [1.29, 1.82) is 0 Å². The Morgan fingerprint density at radius 1 is 0.970 bits per heavy atom. The first kappa shape index (κ1) is 24.7. The highest BCUT2D eigenvalue weighted by Gasteiger charge is 2.30. The number of benzene rings is 2. The van der Waals surface area contributed by atoms with Gasteiger partial charge in [-0.1, -0.05) is 62.1 Å². The number of carbonyl (C=O) groups excluding carboxylic acids is 2. The van der Waals surface area contributed by atoms with E-state index in [9.17, 15) is 22.8 Å². The average Bonchev–Trinajstić information content (AvgIpc) is 3.18. The molecule has 0 saturated carbocycles. The van der Waals surface area contributed by atoms with Crippen molar-refractivity contribution in [2.75, 3.05) is 16.4 Å². The van der Waals surface area contributed by atoms with E-state index in [-0.39, 0.29) is 27.9 Å². The van der Waals surface area contributed by atoms with Gasteiger partial charge in [-0.3, -0.25) is 14.9 Å². The highest BCUT2D eigenvalue weighted by atomic mass is 32.2. The van der Waals surface area contributed by atoms with Crippen molar-refractivity contribution >= 4 is 45.7 Å². The number of amides is 2. The molecule has 11 heteroatoms. The standard InChI is InChI=1S/C22H21F3N4O2S2/c1-21(2,3)14-9-7-13(8-10-14)18(31)27-19-28-29-20(33-19)32-12-17(30)26-16-6-4-5-15(11-16)22(23,24)25/h4-11H,12H2,1-3H3,(H,26,30)(H,27,28,31). The number of alkyl halides is 3. The number of carbonyl (C=O) groups is 2. The molecule has 3 aromatic rings. The van der Waals surface area contributed by atoms with Crippen molar-refractivity contribution < 1.29 is 22.8 Å². The highest BCUT2D eigenvalue weighted by molar-refractivity contribution is 8.01. The second kappa shape index (κ2) is 9.92. The van der Waals surface area contributed by atoms with Gasteiger partial charge in [0.25, 0.3) is 5.91 Å². The number of halogens is 3. The third-order valence-electron chi connectivity index (χ3n) is 4.44. The Kier molecular flexibility index (Phi) is 7.43. The zero-order valence-corrected chi connectivity index (χ0v) is 19.6. The fraction of sp³-hybridized carbons (Fsp3) is 0.273. The predicted molar refractivity (Wildman–Crippen MR) is 124 cm³/mol. The number of anilines is 2. The molecule has 33 heavy (non-hydrogen) atoms. The fourth-order valence-corrected chi connectivity index (χ4v) is 4.25. The molecule has 2 N–H and O–H groups in total. The van der Waals surface area contributed by atoms with Crippen LogP contribution in [0.4, 0.5) is 24.0 Å². The van der Waals surface area contributed by atoms with E-state index in [1.165, 1.54) is 12.1 Å². The van der Waals surface area contributed by atoms with E-state index < -0.39 is 17.6 Å². The molecule has 2 aromatic carbocycles. The molecule has 0 bridgehead atoms. The molecule has 0 aliphatic heterocycles. The van der Waals surface area contributed by atoms with E-state index in [0.717, 1.165) is 40.8 Å². The summed E-state index contributed by atoms with van der Waals surface area (Å²) in [5.74, 6) is -0.892. The molecule has 3 rings (SSSR count). The molecule has 174 valence electrons. The van der Waals surface area contributed by atoms with Gasteiger partial charge in [-0.2, -0.15) is 13.2 Å². The maximum Gasteiger partial charge on any atom is 0.416 e. The minimum absolute atomic E-state index is 0.0201. The van der Waals surface area contributed by atoms with Gasteiger partial charge in [-0.15, -0.1) is 10.2 Å². The Hall–Kier alpha value is -2.92. The fourth-order valence-electron chi connectivity index (χ4n) is 2.71. The second-order valence-electron chi connectivity index (χ2n) is 8.07. The lowest BCUT2D eigenvalue weighted by atomic mass is 9.87. The number of nitrogens with zero attached hydrogens (tertiary/aromatic N) is 2. The van der Waals surface area contributed by atoms with E-state index in [2.05, 4.69) is 41.6 Å². The smallest absolute Gasteiger partial charge is 0.325 e. The molecule has 0 unspecified atom stereocenters. The van der Waals surface area contributed by atoms with E-state index in [4.69, 9.17) is 0 Å². The van der Waals surface area contributed by atoms with Gasteiger partial charge < -0.3 is 5.32 Å². The number of rotatable bonds is 6. The van der Waals surface area contributed by atoms with Gasteiger partial charge in [0, 0.05) is 11.3 Å². The molecule has 2 amide bonds. The van der Waals surface area contributed by atoms with Crippen LogP contribution in [0.15, 0.2) is 52.9 Å². The minimum atomic E-state index is -4.49. The van der Waals surface area contributed by atoms with Gasteiger partial charge in [-0.05, 0) is 41.3 Å². The summed E-state index contributed by atoms with van der Waals surface area (Å²) in [6, 6.07) is 11.7. The van der Waals surface area contributed by atoms with Crippen LogP contribution in [0.25, 0.3) is 0 Å². The number of nitrogens with one attached hydrogen (secondary N) is 2. The number of aromatic nitrogens is 2. The molecule has 0 radical (unpaired) electrons. The van der Waals surface area contributed by atoms with Crippen LogP contribution in [0.5, 0.6) is 0 Å². The summed E-state index contributed by atoms with van der Waals surface area (Å²) in [6.07, 6.45) is -4.49. The van der Waals surface area contributed by atoms with Crippen molar-refractivity contribution in [1.82, 2.24) is 10.2 Å². The summed E-state index contributed by atoms with van der Waals surface area (Å²) in [5, 5.41) is 13.2. The number of hydrogen-bond acceptors (Lipinski definition) is 6. The van der Waals surface area contributed by atoms with Crippen molar-refractivity contribution in [3.8, 4) is 0 Å². The van der Waals surface area contributed by atoms with Crippen molar-refractivity contribution in [3.05, 3.63) is 65.2 Å². The van der Waals surface area contributed by atoms with Gasteiger partial charge in [0.2, 0.25) is 11.0 Å². The molecule has 0 fully saturated rings.